The molecule has 1 atom stereocenters. The van der Waals surface area contributed by atoms with Gasteiger partial charge in [0.05, 0.1) is 17.3 Å². The molecule has 1 aliphatic rings. The van der Waals surface area contributed by atoms with E-state index >= 15 is 0 Å². The van der Waals surface area contributed by atoms with Crippen molar-refractivity contribution in [2.75, 3.05) is 6.54 Å². The van der Waals surface area contributed by atoms with Crippen molar-refractivity contribution in [2.24, 2.45) is 0 Å². The van der Waals surface area contributed by atoms with Crippen molar-refractivity contribution < 1.29 is 10.2 Å². The first-order chi connectivity index (χ1) is 10.7. The molecule has 0 spiro atoms. The van der Waals surface area contributed by atoms with Gasteiger partial charge in [-0.1, -0.05) is 24.3 Å². The number of para-hydroxylation sites is 1. The van der Waals surface area contributed by atoms with Gasteiger partial charge in [0.25, 0.3) is 0 Å². The maximum Gasteiger partial charge on any atom is 0.157 e. The Bertz CT molecular complexity index is 861. The number of fused-ring (bicyclic) bond motifs is 2. The van der Waals surface area contributed by atoms with E-state index in [4.69, 9.17) is 4.98 Å². The zero-order valence-electron chi connectivity index (χ0n) is 12.0. The van der Waals surface area contributed by atoms with Gasteiger partial charge in [-0.3, -0.25) is 4.98 Å². The Hall–Kier alpha value is -2.59. The van der Waals surface area contributed by atoms with Gasteiger partial charge in [0, 0.05) is 11.9 Å². The van der Waals surface area contributed by atoms with Crippen LogP contribution in [0, 0.1) is 0 Å². The lowest BCUT2D eigenvalue weighted by Crippen LogP contribution is -2.31. The molecule has 2 heterocycles. The summed E-state index contributed by atoms with van der Waals surface area (Å²) in [5.74, 6) is -0.154. The molecule has 1 aromatic heterocycles. The fraction of sp³-hybridized carbons (Fsp3) is 0.167. The van der Waals surface area contributed by atoms with Crippen LogP contribution in [0.5, 0.6) is 11.5 Å². The lowest BCUT2D eigenvalue weighted by molar-refractivity contribution is 0.400. The molecule has 4 rings (SSSR count). The highest BCUT2D eigenvalue weighted by atomic mass is 16.3. The highest BCUT2D eigenvalue weighted by molar-refractivity contribution is 5.78. The van der Waals surface area contributed by atoms with E-state index in [-0.39, 0.29) is 17.5 Å². The Morgan fingerprint density at radius 3 is 2.73 bits per heavy atom. The minimum Gasteiger partial charge on any atom is -0.504 e. The van der Waals surface area contributed by atoms with Crippen molar-refractivity contribution in [3.05, 3.63) is 65.4 Å². The van der Waals surface area contributed by atoms with E-state index in [2.05, 4.69) is 11.4 Å². The van der Waals surface area contributed by atoms with Crippen molar-refractivity contribution >= 4 is 10.9 Å². The van der Waals surface area contributed by atoms with E-state index in [1.807, 2.05) is 30.3 Å². The topological polar surface area (TPSA) is 65.4 Å². The Kier molecular flexibility index (Phi) is 2.98. The maximum atomic E-state index is 9.81. The molecule has 0 fully saturated rings. The van der Waals surface area contributed by atoms with E-state index in [0.29, 0.717) is 0 Å². The summed E-state index contributed by atoms with van der Waals surface area (Å²) in [5.41, 5.74) is 3.90. The Balaban J connectivity index is 1.84. The zero-order valence-corrected chi connectivity index (χ0v) is 12.0. The highest BCUT2D eigenvalue weighted by Crippen LogP contribution is 2.36. The monoisotopic (exact) mass is 292 g/mol. The average molecular weight is 292 g/mol. The highest BCUT2D eigenvalue weighted by Gasteiger charge is 2.24. The van der Waals surface area contributed by atoms with Gasteiger partial charge in [0.1, 0.15) is 0 Å². The van der Waals surface area contributed by atoms with Crippen molar-refractivity contribution in [3.8, 4) is 11.5 Å². The third-order valence-corrected chi connectivity index (χ3v) is 4.21. The van der Waals surface area contributed by atoms with E-state index in [1.54, 1.807) is 12.1 Å². The van der Waals surface area contributed by atoms with Gasteiger partial charge in [-0.05, 0) is 41.8 Å². The number of nitrogens with one attached hydrogen (secondary N) is 1. The molecule has 0 saturated carbocycles. The molecule has 0 radical (unpaired) electrons. The first-order valence-electron chi connectivity index (χ1n) is 7.36. The van der Waals surface area contributed by atoms with Crippen molar-refractivity contribution in [1.29, 1.82) is 0 Å². The molecule has 0 bridgehead atoms. The van der Waals surface area contributed by atoms with Gasteiger partial charge in [0.2, 0.25) is 0 Å². The van der Waals surface area contributed by atoms with Crippen molar-refractivity contribution in [2.45, 2.75) is 12.5 Å². The van der Waals surface area contributed by atoms with Crippen LogP contribution < -0.4 is 5.32 Å². The van der Waals surface area contributed by atoms with Gasteiger partial charge in [-0.15, -0.1) is 0 Å². The minimum absolute atomic E-state index is 0.0640. The van der Waals surface area contributed by atoms with Crippen LogP contribution in [-0.2, 0) is 6.42 Å². The van der Waals surface area contributed by atoms with Crippen molar-refractivity contribution in [1.82, 2.24) is 10.3 Å². The second kappa shape index (κ2) is 5.00. The van der Waals surface area contributed by atoms with Crippen LogP contribution in [0.25, 0.3) is 10.9 Å². The minimum atomic E-state index is -0.0896. The van der Waals surface area contributed by atoms with Gasteiger partial charge >= 0.3 is 0 Å². The maximum absolute atomic E-state index is 9.81. The van der Waals surface area contributed by atoms with Gasteiger partial charge in [-0.25, -0.2) is 0 Å². The Morgan fingerprint density at radius 2 is 1.82 bits per heavy atom. The predicted octanol–water partition coefficient (Wildman–Crippen LogP) is 2.88. The standard InChI is InChI=1S/C18H16N2O2/c21-16-9-12-7-8-19-18(13(12)10-17(16)22)15-6-5-11-3-1-2-4-14(11)20-15/h1-6,9-10,18-19,21-22H,7-8H2. The second-order valence-corrected chi connectivity index (χ2v) is 5.61. The average Bonchev–Trinajstić information content (AvgIpc) is 2.55. The summed E-state index contributed by atoms with van der Waals surface area (Å²) in [6, 6.07) is 15.3. The van der Waals surface area contributed by atoms with E-state index in [1.165, 1.54) is 0 Å². The number of aromatic nitrogens is 1. The van der Waals surface area contributed by atoms with E-state index in [0.717, 1.165) is 40.7 Å². The molecule has 22 heavy (non-hydrogen) atoms. The lowest BCUT2D eigenvalue weighted by Gasteiger charge is -2.27. The number of phenolic OH excluding ortho intramolecular Hbond substituents is 2. The lowest BCUT2D eigenvalue weighted by atomic mass is 9.91. The third kappa shape index (κ3) is 2.09. The number of phenols is 2. The molecular formula is C18H16N2O2. The number of pyridine rings is 1. The molecule has 4 nitrogen and oxygen atoms in total. The number of hydrogen-bond donors (Lipinski definition) is 3. The Labute approximate surface area is 128 Å². The molecule has 0 amide bonds. The molecule has 1 aliphatic heterocycles. The summed E-state index contributed by atoms with van der Waals surface area (Å²) in [6.07, 6.45) is 0.827. The number of nitrogens with zero attached hydrogens (tertiary/aromatic N) is 1. The summed E-state index contributed by atoms with van der Waals surface area (Å²) in [6.45, 7) is 0.816. The summed E-state index contributed by atoms with van der Waals surface area (Å²) in [4.78, 5) is 4.74. The van der Waals surface area contributed by atoms with Crippen LogP contribution in [0.4, 0.5) is 0 Å². The van der Waals surface area contributed by atoms with Gasteiger partial charge in [-0.2, -0.15) is 0 Å². The van der Waals surface area contributed by atoms with Gasteiger partial charge < -0.3 is 15.5 Å². The number of hydrogen-bond acceptors (Lipinski definition) is 4. The smallest absolute Gasteiger partial charge is 0.157 e. The number of benzene rings is 2. The SMILES string of the molecule is Oc1cc2c(cc1O)C(c1ccc3ccccc3n1)NCC2. The number of rotatable bonds is 1. The molecular weight excluding hydrogens is 276 g/mol. The molecule has 110 valence electrons. The molecule has 0 saturated heterocycles. The molecule has 1 unspecified atom stereocenters. The quantitative estimate of drug-likeness (QED) is 0.603. The van der Waals surface area contributed by atoms with Crippen LogP contribution in [0.1, 0.15) is 22.9 Å². The first-order valence-corrected chi connectivity index (χ1v) is 7.36. The molecule has 2 aromatic carbocycles. The summed E-state index contributed by atoms with van der Waals surface area (Å²) < 4.78 is 0. The van der Waals surface area contributed by atoms with E-state index < -0.39 is 0 Å². The fourth-order valence-corrected chi connectivity index (χ4v) is 3.09. The first kappa shape index (κ1) is 13.1. The zero-order chi connectivity index (χ0) is 15.1. The van der Waals surface area contributed by atoms with Crippen molar-refractivity contribution in [3.63, 3.8) is 0 Å². The molecule has 4 heteroatoms. The fourth-order valence-electron chi connectivity index (χ4n) is 3.09. The Morgan fingerprint density at radius 1 is 1.00 bits per heavy atom. The van der Waals surface area contributed by atoms with Gasteiger partial charge in [0.15, 0.2) is 11.5 Å². The summed E-state index contributed by atoms with van der Waals surface area (Å²) >= 11 is 0. The molecule has 0 aliphatic carbocycles. The largest absolute Gasteiger partial charge is 0.504 e. The second-order valence-electron chi connectivity index (χ2n) is 5.61. The number of aromatic hydroxyl groups is 2. The van der Waals surface area contributed by atoms with Crippen LogP contribution in [0.15, 0.2) is 48.5 Å². The van der Waals surface area contributed by atoms with Crippen LogP contribution in [0.2, 0.25) is 0 Å². The third-order valence-electron chi connectivity index (χ3n) is 4.21. The summed E-state index contributed by atoms with van der Waals surface area (Å²) in [5, 5.41) is 24.1. The molecule has 3 aromatic rings. The van der Waals surface area contributed by atoms with Crippen LogP contribution in [0.3, 0.4) is 0 Å². The molecule has 3 N–H and O–H groups in total. The van der Waals surface area contributed by atoms with Crippen LogP contribution in [-0.4, -0.2) is 21.7 Å². The van der Waals surface area contributed by atoms with E-state index in [9.17, 15) is 10.2 Å². The van der Waals surface area contributed by atoms with Crippen LogP contribution >= 0.6 is 0 Å². The predicted molar refractivity (Wildman–Crippen MR) is 85.1 cm³/mol. The summed E-state index contributed by atoms with van der Waals surface area (Å²) in [7, 11) is 0. The normalized spacial score (nSPS) is 17.4.